The molecule has 0 saturated carbocycles. The van der Waals surface area contributed by atoms with Crippen LogP contribution in [-0.2, 0) is 4.74 Å². The molecule has 0 spiro atoms. The zero-order chi connectivity index (χ0) is 12.8. The van der Waals surface area contributed by atoms with Gasteiger partial charge in [0.1, 0.15) is 0 Å². The maximum absolute atomic E-state index is 11.5. The van der Waals surface area contributed by atoms with Crippen LogP contribution in [0.4, 0.5) is 5.82 Å². The molecule has 6 heteroatoms. The van der Waals surface area contributed by atoms with E-state index in [1.165, 1.54) is 13.4 Å². The third kappa shape index (κ3) is 3.45. The van der Waals surface area contributed by atoms with E-state index in [4.69, 9.17) is 9.47 Å². The fourth-order valence-corrected chi connectivity index (χ4v) is 1.44. The quantitative estimate of drug-likeness (QED) is 0.772. The van der Waals surface area contributed by atoms with E-state index in [9.17, 15) is 4.79 Å². The lowest BCUT2D eigenvalue weighted by Gasteiger charge is -2.22. The van der Waals surface area contributed by atoms with E-state index < -0.39 is 0 Å². The van der Waals surface area contributed by atoms with Crippen LogP contribution in [-0.4, -0.2) is 36.8 Å². The average molecular weight is 241 g/mol. The first-order chi connectivity index (χ1) is 8.10. The van der Waals surface area contributed by atoms with Gasteiger partial charge in [-0.25, -0.2) is 4.98 Å². The van der Waals surface area contributed by atoms with Gasteiger partial charge in [-0.05, 0) is 5.92 Å². The van der Waals surface area contributed by atoms with Crippen LogP contribution >= 0.6 is 0 Å². The molecule has 0 saturated heterocycles. The average Bonchev–Trinajstić information content (AvgIpc) is 2.28. The van der Waals surface area contributed by atoms with Crippen LogP contribution < -0.4 is 15.6 Å². The Kier molecular flexibility index (Phi) is 4.96. The van der Waals surface area contributed by atoms with Crippen molar-refractivity contribution >= 4 is 5.82 Å². The summed E-state index contributed by atoms with van der Waals surface area (Å²) >= 11 is 0. The SMILES string of the molecule is COCC(Nc1nc[nH]c(=O)c1OC)C(C)C. The molecule has 1 aromatic heterocycles. The number of aromatic amines is 1. The van der Waals surface area contributed by atoms with Gasteiger partial charge in [0.25, 0.3) is 5.56 Å². The maximum Gasteiger partial charge on any atom is 0.295 e. The summed E-state index contributed by atoms with van der Waals surface area (Å²) in [6.45, 7) is 4.67. The highest BCUT2D eigenvalue weighted by atomic mass is 16.5. The van der Waals surface area contributed by atoms with E-state index in [0.29, 0.717) is 18.3 Å². The zero-order valence-electron chi connectivity index (χ0n) is 10.6. The smallest absolute Gasteiger partial charge is 0.295 e. The number of aromatic nitrogens is 2. The molecule has 17 heavy (non-hydrogen) atoms. The summed E-state index contributed by atoms with van der Waals surface area (Å²) in [5, 5.41) is 3.16. The van der Waals surface area contributed by atoms with Crippen molar-refractivity contribution in [2.24, 2.45) is 5.92 Å². The van der Waals surface area contributed by atoms with E-state index in [-0.39, 0.29) is 17.4 Å². The monoisotopic (exact) mass is 241 g/mol. The number of H-pyrrole nitrogens is 1. The number of rotatable bonds is 6. The van der Waals surface area contributed by atoms with Crippen LogP contribution in [0, 0.1) is 5.92 Å². The number of nitrogens with zero attached hydrogens (tertiary/aromatic N) is 1. The summed E-state index contributed by atoms with van der Waals surface area (Å²) in [4.78, 5) is 18.0. The summed E-state index contributed by atoms with van der Waals surface area (Å²) in [6, 6.07) is 0.0724. The lowest BCUT2D eigenvalue weighted by Crippen LogP contribution is -2.31. The zero-order valence-corrected chi connectivity index (χ0v) is 10.6. The second-order valence-corrected chi connectivity index (χ2v) is 4.06. The van der Waals surface area contributed by atoms with Gasteiger partial charge < -0.3 is 19.8 Å². The van der Waals surface area contributed by atoms with Crippen LogP contribution in [0.1, 0.15) is 13.8 Å². The van der Waals surface area contributed by atoms with Crippen LogP contribution in [0.15, 0.2) is 11.1 Å². The summed E-state index contributed by atoms with van der Waals surface area (Å²) in [6.07, 6.45) is 1.34. The lowest BCUT2D eigenvalue weighted by atomic mass is 10.1. The summed E-state index contributed by atoms with van der Waals surface area (Å²) in [5.41, 5.74) is -0.301. The fourth-order valence-electron chi connectivity index (χ4n) is 1.44. The van der Waals surface area contributed by atoms with Crippen molar-refractivity contribution < 1.29 is 9.47 Å². The summed E-state index contributed by atoms with van der Waals surface area (Å²) in [5.74, 6) is 0.974. The Morgan fingerprint density at radius 2 is 2.18 bits per heavy atom. The van der Waals surface area contributed by atoms with E-state index in [1.54, 1.807) is 7.11 Å². The summed E-state index contributed by atoms with van der Waals surface area (Å²) in [7, 11) is 3.08. The molecular weight excluding hydrogens is 222 g/mol. The predicted molar refractivity (Wildman–Crippen MR) is 65.5 cm³/mol. The highest BCUT2D eigenvalue weighted by Gasteiger charge is 2.17. The number of methoxy groups -OCH3 is 2. The second kappa shape index (κ2) is 6.24. The van der Waals surface area contributed by atoms with Gasteiger partial charge in [-0.3, -0.25) is 4.79 Å². The Morgan fingerprint density at radius 1 is 1.47 bits per heavy atom. The number of hydrogen-bond donors (Lipinski definition) is 2. The second-order valence-electron chi connectivity index (χ2n) is 4.06. The van der Waals surface area contributed by atoms with Crippen LogP contribution in [0.3, 0.4) is 0 Å². The molecule has 0 aromatic carbocycles. The standard InChI is InChI=1S/C11H19N3O3/c1-7(2)8(5-16-3)14-10-9(17-4)11(15)13-6-12-10/h6-8H,5H2,1-4H3,(H2,12,13,14,15). The number of hydrogen-bond acceptors (Lipinski definition) is 5. The molecule has 0 aliphatic carbocycles. The third-order valence-corrected chi connectivity index (χ3v) is 2.49. The van der Waals surface area contributed by atoms with Gasteiger partial charge in [0, 0.05) is 7.11 Å². The van der Waals surface area contributed by atoms with Gasteiger partial charge in [0.05, 0.1) is 26.1 Å². The number of ether oxygens (including phenoxy) is 2. The Labute approximate surface area is 100 Å². The van der Waals surface area contributed by atoms with Crippen molar-refractivity contribution in [2.45, 2.75) is 19.9 Å². The van der Waals surface area contributed by atoms with Crippen LogP contribution in [0.5, 0.6) is 5.75 Å². The molecule has 1 atom stereocenters. The Hall–Kier alpha value is -1.56. The molecule has 1 heterocycles. The molecule has 0 bridgehead atoms. The van der Waals surface area contributed by atoms with Gasteiger partial charge in [-0.15, -0.1) is 0 Å². The fraction of sp³-hybridized carbons (Fsp3) is 0.636. The van der Waals surface area contributed by atoms with Crippen molar-refractivity contribution in [3.8, 4) is 5.75 Å². The molecule has 0 amide bonds. The number of anilines is 1. The Morgan fingerprint density at radius 3 is 2.71 bits per heavy atom. The van der Waals surface area contributed by atoms with Gasteiger partial charge in [0.2, 0.25) is 5.75 Å². The van der Waals surface area contributed by atoms with Crippen molar-refractivity contribution in [1.29, 1.82) is 0 Å². The first kappa shape index (κ1) is 13.5. The first-order valence-electron chi connectivity index (χ1n) is 5.47. The highest BCUT2D eigenvalue weighted by molar-refractivity contribution is 5.48. The third-order valence-electron chi connectivity index (χ3n) is 2.49. The van der Waals surface area contributed by atoms with Gasteiger partial charge in [0.15, 0.2) is 5.82 Å². The molecule has 0 aliphatic rings. The van der Waals surface area contributed by atoms with E-state index in [1.807, 2.05) is 0 Å². The van der Waals surface area contributed by atoms with Crippen molar-refractivity contribution in [1.82, 2.24) is 9.97 Å². The highest BCUT2D eigenvalue weighted by Crippen LogP contribution is 2.18. The molecule has 0 fully saturated rings. The molecule has 1 rings (SSSR count). The van der Waals surface area contributed by atoms with Crippen molar-refractivity contribution in [3.05, 3.63) is 16.7 Å². The molecular formula is C11H19N3O3. The van der Waals surface area contributed by atoms with Crippen LogP contribution in [0.25, 0.3) is 0 Å². The molecule has 0 aliphatic heterocycles. The van der Waals surface area contributed by atoms with E-state index in [2.05, 4.69) is 29.1 Å². The van der Waals surface area contributed by atoms with Crippen LogP contribution in [0.2, 0.25) is 0 Å². The van der Waals surface area contributed by atoms with Crippen molar-refractivity contribution in [2.75, 3.05) is 26.1 Å². The lowest BCUT2D eigenvalue weighted by molar-refractivity contribution is 0.171. The minimum Gasteiger partial charge on any atom is -0.489 e. The molecule has 96 valence electrons. The van der Waals surface area contributed by atoms with E-state index in [0.717, 1.165) is 0 Å². The maximum atomic E-state index is 11.5. The summed E-state index contributed by atoms with van der Waals surface area (Å²) < 4.78 is 10.1. The van der Waals surface area contributed by atoms with Gasteiger partial charge in [-0.2, -0.15) is 0 Å². The topological polar surface area (TPSA) is 76.2 Å². The van der Waals surface area contributed by atoms with Gasteiger partial charge in [-0.1, -0.05) is 13.8 Å². The van der Waals surface area contributed by atoms with E-state index >= 15 is 0 Å². The normalized spacial score (nSPS) is 12.5. The first-order valence-corrected chi connectivity index (χ1v) is 5.47. The predicted octanol–water partition coefficient (Wildman–Crippen LogP) is 0.861. The molecule has 1 aromatic rings. The minimum absolute atomic E-state index is 0.0724. The Bertz CT molecular complexity index is 403. The molecule has 2 N–H and O–H groups in total. The Balaban J connectivity index is 2.92. The molecule has 1 unspecified atom stereocenters. The molecule has 0 radical (unpaired) electrons. The number of nitrogens with one attached hydrogen (secondary N) is 2. The van der Waals surface area contributed by atoms with Gasteiger partial charge >= 0.3 is 0 Å². The largest absolute Gasteiger partial charge is 0.489 e. The van der Waals surface area contributed by atoms with Crippen molar-refractivity contribution in [3.63, 3.8) is 0 Å². The minimum atomic E-state index is -0.301. The molecule has 6 nitrogen and oxygen atoms in total.